The van der Waals surface area contributed by atoms with E-state index in [0.29, 0.717) is 5.75 Å². The molecular formula is C10H14N2OS. The molecule has 0 saturated heterocycles. The van der Waals surface area contributed by atoms with Gasteiger partial charge in [0.25, 0.3) is 0 Å². The highest BCUT2D eigenvalue weighted by atomic mass is 32.2. The molecular weight excluding hydrogens is 196 g/mol. The van der Waals surface area contributed by atoms with Crippen molar-refractivity contribution in [2.45, 2.75) is 17.9 Å². The van der Waals surface area contributed by atoms with E-state index in [9.17, 15) is 4.79 Å². The lowest BCUT2D eigenvalue weighted by atomic mass is 10.2. The monoisotopic (exact) mass is 210 g/mol. The third-order valence-corrected chi connectivity index (χ3v) is 2.90. The number of hydrogen-bond donors (Lipinski definition) is 2. The summed E-state index contributed by atoms with van der Waals surface area (Å²) < 4.78 is 0. The number of nitrogens with two attached hydrogens (primary N) is 2. The van der Waals surface area contributed by atoms with E-state index in [0.717, 1.165) is 4.90 Å². The zero-order valence-electron chi connectivity index (χ0n) is 8.07. The molecule has 4 heteroatoms. The third kappa shape index (κ3) is 3.40. The highest BCUT2D eigenvalue weighted by molar-refractivity contribution is 7.99. The topological polar surface area (TPSA) is 69.1 Å². The van der Waals surface area contributed by atoms with E-state index < -0.39 is 11.9 Å². The average Bonchev–Trinajstić information content (AvgIpc) is 2.14. The molecule has 1 rings (SSSR count). The van der Waals surface area contributed by atoms with Crippen molar-refractivity contribution in [1.29, 1.82) is 0 Å². The van der Waals surface area contributed by atoms with E-state index in [-0.39, 0.29) is 0 Å². The molecule has 0 aliphatic rings. The van der Waals surface area contributed by atoms with Gasteiger partial charge in [0.15, 0.2) is 0 Å². The summed E-state index contributed by atoms with van der Waals surface area (Å²) in [6.45, 7) is 2.03. The lowest BCUT2D eigenvalue weighted by molar-refractivity contribution is -0.118. The van der Waals surface area contributed by atoms with E-state index in [1.54, 1.807) is 11.8 Å². The van der Waals surface area contributed by atoms with Crippen molar-refractivity contribution in [3.63, 3.8) is 0 Å². The van der Waals surface area contributed by atoms with E-state index in [1.807, 2.05) is 25.1 Å². The standard InChI is InChI=1S/C10H14N2OS/c1-7-3-2-4-8(5-7)14-6-9(11)10(12)13/h2-5,9H,6,11H2,1H3,(H2,12,13). The van der Waals surface area contributed by atoms with Crippen molar-refractivity contribution in [1.82, 2.24) is 0 Å². The first-order valence-electron chi connectivity index (χ1n) is 4.34. The Bertz CT molecular complexity index is 328. The maximum atomic E-state index is 10.7. The molecule has 0 saturated carbocycles. The van der Waals surface area contributed by atoms with Crippen LogP contribution in [0.3, 0.4) is 0 Å². The van der Waals surface area contributed by atoms with Gasteiger partial charge in [-0.15, -0.1) is 11.8 Å². The molecule has 0 heterocycles. The van der Waals surface area contributed by atoms with Crippen LogP contribution in [0.1, 0.15) is 5.56 Å². The third-order valence-electron chi connectivity index (χ3n) is 1.78. The zero-order chi connectivity index (χ0) is 10.6. The van der Waals surface area contributed by atoms with Crippen molar-refractivity contribution < 1.29 is 4.79 Å². The van der Waals surface area contributed by atoms with Crippen molar-refractivity contribution in [3.05, 3.63) is 29.8 Å². The fourth-order valence-corrected chi connectivity index (χ4v) is 1.95. The Labute approximate surface area is 87.9 Å². The Balaban J connectivity index is 2.49. The van der Waals surface area contributed by atoms with Crippen LogP contribution in [0.2, 0.25) is 0 Å². The molecule has 4 N–H and O–H groups in total. The molecule has 0 aromatic heterocycles. The van der Waals surface area contributed by atoms with Crippen molar-refractivity contribution in [3.8, 4) is 0 Å². The van der Waals surface area contributed by atoms with Crippen LogP contribution in [0, 0.1) is 6.92 Å². The summed E-state index contributed by atoms with van der Waals surface area (Å²) in [4.78, 5) is 11.8. The molecule has 1 atom stereocenters. The molecule has 1 aromatic carbocycles. The predicted molar refractivity (Wildman–Crippen MR) is 59.1 cm³/mol. The predicted octanol–water partition coefficient (Wildman–Crippen LogP) is 0.900. The first-order chi connectivity index (χ1) is 6.59. The maximum absolute atomic E-state index is 10.7. The van der Waals surface area contributed by atoms with Crippen LogP contribution in [-0.2, 0) is 4.79 Å². The molecule has 0 bridgehead atoms. The summed E-state index contributed by atoms with van der Waals surface area (Å²) in [7, 11) is 0. The number of amides is 1. The summed E-state index contributed by atoms with van der Waals surface area (Å²) in [6.07, 6.45) is 0. The lowest BCUT2D eigenvalue weighted by Gasteiger charge is -2.06. The second kappa shape index (κ2) is 5.02. The summed E-state index contributed by atoms with van der Waals surface area (Å²) in [5, 5.41) is 0. The molecule has 3 nitrogen and oxygen atoms in total. The molecule has 76 valence electrons. The van der Waals surface area contributed by atoms with Gasteiger partial charge in [0, 0.05) is 10.6 Å². The minimum Gasteiger partial charge on any atom is -0.368 e. The minimum atomic E-state index is -0.569. The normalized spacial score (nSPS) is 12.4. The molecule has 1 unspecified atom stereocenters. The Kier molecular flexibility index (Phi) is 3.98. The molecule has 0 spiro atoms. The number of carbonyl (C=O) groups excluding carboxylic acids is 1. The second-order valence-corrected chi connectivity index (χ2v) is 4.23. The van der Waals surface area contributed by atoms with Crippen LogP contribution in [0.25, 0.3) is 0 Å². The number of primary amides is 1. The van der Waals surface area contributed by atoms with Gasteiger partial charge < -0.3 is 11.5 Å². The van der Waals surface area contributed by atoms with E-state index in [2.05, 4.69) is 6.07 Å². The summed E-state index contributed by atoms with van der Waals surface area (Å²) in [5.41, 5.74) is 11.8. The Morgan fingerprint density at radius 3 is 2.86 bits per heavy atom. The number of hydrogen-bond acceptors (Lipinski definition) is 3. The molecule has 0 fully saturated rings. The van der Waals surface area contributed by atoms with Crippen LogP contribution in [-0.4, -0.2) is 17.7 Å². The quantitative estimate of drug-likeness (QED) is 0.725. The number of rotatable bonds is 4. The smallest absolute Gasteiger partial charge is 0.235 e. The zero-order valence-corrected chi connectivity index (χ0v) is 8.88. The minimum absolute atomic E-state index is 0.454. The van der Waals surface area contributed by atoms with Crippen LogP contribution >= 0.6 is 11.8 Å². The highest BCUT2D eigenvalue weighted by Gasteiger charge is 2.08. The van der Waals surface area contributed by atoms with Crippen molar-refractivity contribution in [2.24, 2.45) is 11.5 Å². The maximum Gasteiger partial charge on any atom is 0.235 e. The van der Waals surface area contributed by atoms with Crippen molar-refractivity contribution in [2.75, 3.05) is 5.75 Å². The summed E-state index contributed by atoms with van der Waals surface area (Å²) >= 11 is 1.55. The van der Waals surface area contributed by atoms with E-state index >= 15 is 0 Å². The molecule has 14 heavy (non-hydrogen) atoms. The van der Waals surface area contributed by atoms with Crippen molar-refractivity contribution >= 4 is 17.7 Å². The Morgan fingerprint density at radius 1 is 1.57 bits per heavy atom. The number of carbonyl (C=O) groups is 1. The fourth-order valence-electron chi connectivity index (χ4n) is 0.973. The van der Waals surface area contributed by atoms with Crippen LogP contribution in [0.5, 0.6) is 0 Å². The molecule has 0 aliphatic carbocycles. The van der Waals surface area contributed by atoms with Gasteiger partial charge in [-0.2, -0.15) is 0 Å². The van der Waals surface area contributed by atoms with Gasteiger partial charge in [0.05, 0.1) is 6.04 Å². The first-order valence-corrected chi connectivity index (χ1v) is 5.32. The van der Waals surface area contributed by atoms with Gasteiger partial charge in [-0.05, 0) is 19.1 Å². The van der Waals surface area contributed by atoms with Crippen LogP contribution in [0.15, 0.2) is 29.2 Å². The van der Waals surface area contributed by atoms with E-state index in [4.69, 9.17) is 11.5 Å². The van der Waals surface area contributed by atoms with Gasteiger partial charge in [0.2, 0.25) is 5.91 Å². The number of benzene rings is 1. The Morgan fingerprint density at radius 2 is 2.29 bits per heavy atom. The van der Waals surface area contributed by atoms with Gasteiger partial charge in [0.1, 0.15) is 0 Å². The lowest BCUT2D eigenvalue weighted by Crippen LogP contribution is -2.38. The molecule has 0 aliphatic heterocycles. The number of aryl methyl sites for hydroxylation is 1. The van der Waals surface area contributed by atoms with Gasteiger partial charge >= 0.3 is 0 Å². The largest absolute Gasteiger partial charge is 0.368 e. The summed E-state index contributed by atoms with van der Waals surface area (Å²) in [6, 6.07) is 7.48. The van der Waals surface area contributed by atoms with Gasteiger partial charge in [-0.3, -0.25) is 4.79 Å². The average molecular weight is 210 g/mol. The second-order valence-electron chi connectivity index (χ2n) is 3.14. The fraction of sp³-hybridized carbons (Fsp3) is 0.300. The van der Waals surface area contributed by atoms with Gasteiger partial charge in [-0.1, -0.05) is 17.7 Å². The van der Waals surface area contributed by atoms with E-state index in [1.165, 1.54) is 5.56 Å². The molecule has 1 amide bonds. The first kappa shape index (κ1) is 11.1. The summed E-state index contributed by atoms with van der Waals surface area (Å²) in [5.74, 6) is 0.0730. The van der Waals surface area contributed by atoms with Crippen LogP contribution < -0.4 is 11.5 Å². The Hall–Kier alpha value is -1.00. The van der Waals surface area contributed by atoms with Gasteiger partial charge in [-0.25, -0.2) is 0 Å². The highest BCUT2D eigenvalue weighted by Crippen LogP contribution is 2.19. The SMILES string of the molecule is Cc1cccc(SCC(N)C(N)=O)c1. The molecule has 0 radical (unpaired) electrons. The van der Waals surface area contributed by atoms with Crippen LogP contribution in [0.4, 0.5) is 0 Å². The number of thioether (sulfide) groups is 1. The molecule has 1 aromatic rings.